The summed E-state index contributed by atoms with van der Waals surface area (Å²) >= 11 is 4.67. The van der Waals surface area contributed by atoms with Gasteiger partial charge in [-0.3, -0.25) is 20.5 Å². The lowest BCUT2D eigenvalue weighted by Gasteiger charge is -2.09. The number of rotatable bonds is 4. The molecular weight excluding hydrogens is 328 g/mol. The van der Waals surface area contributed by atoms with Crippen molar-refractivity contribution < 1.29 is 4.92 Å². The Balaban J connectivity index is 2.16. The summed E-state index contributed by atoms with van der Waals surface area (Å²) in [6.45, 7) is 0. The summed E-state index contributed by atoms with van der Waals surface area (Å²) in [5, 5.41) is 16.0. The fourth-order valence-corrected chi connectivity index (χ4v) is 2.45. The number of nitrogens with two attached hydrogens (primary N) is 1. The van der Waals surface area contributed by atoms with Crippen LogP contribution in [0.4, 0.5) is 5.69 Å². The quantitative estimate of drug-likeness (QED) is 0.326. The predicted octanol–water partition coefficient (Wildman–Crippen LogP) is 2.10. The summed E-state index contributed by atoms with van der Waals surface area (Å²) in [6.07, 6.45) is 4.80. The van der Waals surface area contributed by atoms with Crippen LogP contribution in [-0.4, -0.2) is 25.8 Å². The molecule has 8 nitrogen and oxygen atoms in total. The molecule has 2 aromatic heterocycles. The second kappa shape index (κ2) is 6.42. The number of nitro benzene ring substituents is 1. The average Bonchev–Trinajstić information content (AvgIpc) is 3.01. The van der Waals surface area contributed by atoms with Gasteiger partial charge in [0, 0.05) is 12.4 Å². The van der Waals surface area contributed by atoms with E-state index in [4.69, 9.17) is 5.73 Å². The molecule has 3 N–H and O–H groups in total. The van der Waals surface area contributed by atoms with Crippen molar-refractivity contribution in [2.24, 2.45) is 10.8 Å². The van der Waals surface area contributed by atoms with Crippen LogP contribution in [0, 0.1) is 10.1 Å². The molecule has 0 spiro atoms. The van der Waals surface area contributed by atoms with Gasteiger partial charge in [0.25, 0.3) is 0 Å². The minimum Gasteiger partial charge on any atom is -0.375 e. The predicted molar refractivity (Wildman–Crippen MR) is 95.2 cm³/mol. The van der Waals surface area contributed by atoms with Crippen LogP contribution in [-0.2, 0) is 0 Å². The second-order valence-electron chi connectivity index (χ2n) is 4.80. The third-order valence-electron chi connectivity index (χ3n) is 3.33. The number of hydrazone groups is 1. The molecule has 0 aliphatic heterocycles. The monoisotopic (exact) mass is 340 g/mol. The van der Waals surface area contributed by atoms with Crippen molar-refractivity contribution in [3.8, 4) is 5.69 Å². The lowest BCUT2D eigenvalue weighted by Crippen LogP contribution is -2.24. The van der Waals surface area contributed by atoms with Gasteiger partial charge in [-0.25, -0.2) is 0 Å². The molecule has 0 saturated carbocycles. The van der Waals surface area contributed by atoms with Gasteiger partial charge in [-0.1, -0.05) is 0 Å². The standard InChI is InChI=1S/C15H12N6O2S/c16-15(24)19-18-9-10-3-2-8-20(10)13-6-5-12-11(4-1-7-17-12)14(13)21(22)23/h1-9H,(H3,16,19,24)/b18-9+. The maximum Gasteiger partial charge on any atom is 0.302 e. The van der Waals surface area contributed by atoms with E-state index in [9.17, 15) is 10.1 Å². The number of pyridine rings is 1. The maximum absolute atomic E-state index is 11.6. The zero-order chi connectivity index (χ0) is 17.1. The fraction of sp³-hybridized carbons (Fsp3) is 0. The van der Waals surface area contributed by atoms with E-state index in [-0.39, 0.29) is 10.8 Å². The van der Waals surface area contributed by atoms with Crippen LogP contribution in [0.5, 0.6) is 0 Å². The molecule has 0 radical (unpaired) electrons. The number of hydrogen-bond donors (Lipinski definition) is 2. The smallest absolute Gasteiger partial charge is 0.302 e. The zero-order valence-corrected chi connectivity index (χ0v) is 13.1. The number of fused-ring (bicyclic) bond motifs is 1. The van der Waals surface area contributed by atoms with E-state index in [1.807, 2.05) is 0 Å². The highest BCUT2D eigenvalue weighted by atomic mass is 32.1. The molecule has 3 aromatic rings. The molecule has 0 bridgehead atoms. The lowest BCUT2D eigenvalue weighted by molar-refractivity contribution is -0.382. The van der Waals surface area contributed by atoms with Crippen molar-refractivity contribution in [2.45, 2.75) is 0 Å². The molecular formula is C15H12N6O2S. The van der Waals surface area contributed by atoms with E-state index >= 15 is 0 Å². The van der Waals surface area contributed by atoms with Crippen molar-refractivity contribution in [3.63, 3.8) is 0 Å². The Morgan fingerprint density at radius 2 is 2.21 bits per heavy atom. The summed E-state index contributed by atoms with van der Waals surface area (Å²) in [5.41, 5.74) is 9.35. The van der Waals surface area contributed by atoms with Gasteiger partial charge in [0.1, 0.15) is 5.69 Å². The van der Waals surface area contributed by atoms with E-state index in [0.717, 1.165) is 0 Å². The van der Waals surface area contributed by atoms with Gasteiger partial charge in [-0.05, 0) is 48.6 Å². The number of nitro groups is 1. The molecule has 0 saturated heterocycles. The van der Waals surface area contributed by atoms with Gasteiger partial charge < -0.3 is 10.3 Å². The van der Waals surface area contributed by atoms with Crippen LogP contribution in [0.15, 0.2) is 53.9 Å². The molecule has 0 atom stereocenters. The van der Waals surface area contributed by atoms with Crippen LogP contribution in [0.25, 0.3) is 16.6 Å². The van der Waals surface area contributed by atoms with E-state index in [2.05, 4.69) is 27.7 Å². The average molecular weight is 340 g/mol. The van der Waals surface area contributed by atoms with Crippen molar-refractivity contribution in [1.29, 1.82) is 0 Å². The van der Waals surface area contributed by atoms with E-state index in [0.29, 0.717) is 22.3 Å². The SMILES string of the molecule is NC(=S)N/N=C/c1cccn1-c1ccc2ncccc2c1[N+](=O)[O-]. The van der Waals surface area contributed by atoms with Crippen LogP contribution >= 0.6 is 12.2 Å². The number of aromatic nitrogens is 2. The summed E-state index contributed by atoms with van der Waals surface area (Å²) in [4.78, 5) is 15.4. The second-order valence-corrected chi connectivity index (χ2v) is 5.24. The third kappa shape index (κ3) is 2.92. The summed E-state index contributed by atoms with van der Waals surface area (Å²) in [6, 6.07) is 10.3. The molecule has 24 heavy (non-hydrogen) atoms. The first-order valence-corrected chi connectivity index (χ1v) is 7.27. The summed E-state index contributed by atoms with van der Waals surface area (Å²) in [7, 11) is 0. The Morgan fingerprint density at radius 1 is 1.38 bits per heavy atom. The van der Waals surface area contributed by atoms with Crippen molar-refractivity contribution in [2.75, 3.05) is 0 Å². The Morgan fingerprint density at radius 3 is 2.96 bits per heavy atom. The number of nitrogens with one attached hydrogen (secondary N) is 1. The van der Waals surface area contributed by atoms with Crippen LogP contribution < -0.4 is 11.2 Å². The highest BCUT2D eigenvalue weighted by Crippen LogP contribution is 2.31. The molecule has 0 unspecified atom stereocenters. The van der Waals surface area contributed by atoms with Crippen LogP contribution in [0.1, 0.15) is 5.69 Å². The lowest BCUT2D eigenvalue weighted by atomic mass is 10.1. The van der Waals surface area contributed by atoms with Gasteiger partial charge in [0.15, 0.2) is 5.11 Å². The van der Waals surface area contributed by atoms with Gasteiger partial charge in [-0.15, -0.1) is 0 Å². The first-order chi connectivity index (χ1) is 11.6. The normalized spacial score (nSPS) is 11.0. The molecule has 120 valence electrons. The molecule has 0 fully saturated rings. The summed E-state index contributed by atoms with van der Waals surface area (Å²) < 4.78 is 1.66. The molecule has 0 aliphatic carbocycles. The van der Waals surface area contributed by atoms with Gasteiger partial charge in [-0.2, -0.15) is 5.10 Å². The third-order valence-corrected chi connectivity index (χ3v) is 3.42. The van der Waals surface area contributed by atoms with E-state index in [1.165, 1.54) is 6.21 Å². The van der Waals surface area contributed by atoms with Crippen molar-refractivity contribution in [1.82, 2.24) is 15.0 Å². The molecule has 0 aliphatic rings. The fourth-order valence-electron chi connectivity index (χ4n) is 2.39. The Bertz CT molecular complexity index is 966. The number of thiocarbonyl (C=S) groups is 1. The topological polar surface area (TPSA) is 111 Å². The summed E-state index contributed by atoms with van der Waals surface area (Å²) in [5.74, 6) is 0. The van der Waals surface area contributed by atoms with Gasteiger partial charge >= 0.3 is 5.69 Å². The van der Waals surface area contributed by atoms with E-state index in [1.54, 1.807) is 53.4 Å². The number of hydrogen-bond acceptors (Lipinski definition) is 5. The highest BCUT2D eigenvalue weighted by molar-refractivity contribution is 7.80. The Hall–Kier alpha value is -3.33. The number of benzene rings is 1. The minimum atomic E-state index is -0.409. The van der Waals surface area contributed by atoms with Crippen molar-refractivity contribution in [3.05, 3.63) is 64.6 Å². The molecule has 2 heterocycles. The Labute approximate surface area is 141 Å². The van der Waals surface area contributed by atoms with Crippen LogP contribution in [0.2, 0.25) is 0 Å². The molecule has 9 heteroatoms. The molecule has 3 rings (SSSR count). The molecule has 1 aromatic carbocycles. The zero-order valence-electron chi connectivity index (χ0n) is 12.3. The first-order valence-electron chi connectivity index (χ1n) is 6.86. The van der Waals surface area contributed by atoms with Gasteiger partial charge in [0.05, 0.1) is 27.7 Å². The first kappa shape index (κ1) is 15.6. The van der Waals surface area contributed by atoms with E-state index < -0.39 is 4.92 Å². The van der Waals surface area contributed by atoms with Crippen molar-refractivity contribution >= 4 is 40.1 Å². The van der Waals surface area contributed by atoms with Crippen LogP contribution in [0.3, 0.4) is 0 Å². The highest BCUT2D eigenvalue weighted by Gasteiger charge is 2.21. The number of nitrogens with zero attached hydrogens (tertiary/aromatic N) is 4. The maximum atomic E-state index is 11.6. The largest absolute Gasteiger partial charge is 0.375 e. The van der Waals surface area contributed by atoms with Gasteiger partial charge in [0.2, 0.25) is 0 Å². The molecule has 0 amide bonds. The Kier molecular flexibility index (Phi) is 4.17. The minimum absolute atomic E-state index is 0.0197.